The molecule has 0 saturated heterocycles. The van der Waals surface area contributed by atoms with Gasteiger partial charge in [0.1, 0.15) is 6.04 Å². The molecule has 1 aromatic rings. The van der Waals surface area contributed by atoms with Crippen LogP contribution in [-0.4, -0.2) is 34.7 Å². The minimum Gasteiger partial charge on any atom is -0.347 e. The van der Waals surface area contributed by atoms with Gasteiger partial charge in [0.05, 0.1) is 6.20 Å². The van der Waals surface area contributed by atoms with Crippen LogP contribution in [0, 0.1) is 3.57 Å². The highest BCUT2D eigenvalue weighted by atomic mass is 127. The van der Waals surface area contributed by atoms with Crippen molar-refractivity contribution in [2.24, 2.45) is 0 Å². The molecular formula is C9H12IN3O2. The molecule has 0 saturated carbocycles. The maximum atomic E-state index is 11.6. The standard InChI is InChI=1S/C9H12IN3O2/c1-6(9(15)12(2)3)13-8(14)4-7(10)5-11-13/h4-6H,1-3H3. The third kappa shape index (κ3) is 2.77. The zero-order chi connectivity index (χ0) is 11.6. The second-order valence-corrected chi connectivity index (χ2v) is 4.61. The summed E-state index contributed by atoms with van der Waals surface area (Å²) in [6.07, 6.45) is 1.56. The Morgan fingerprint density at radius 1 is 1.60 bits per heavy atom. The SMILES string of the molecule is CC(C(=O)N(C)C)n1ncc(I)cc1=O. The molecule has 82 valence electrons. The first-order valence-corrected chi connectivity index (χ1v) is 5.47. The summed E-state index contributed by atoms with van der Waals surface area (Å²) in [6.45, 7) is 1.66. The molecule has 6 heteroatoms. The fourth-order valence-electron chi connectivity index (χ4n) is 1.16. The van der Waals surface area contributed by atoms with E-state index in [4.69, 9.17) is 0 Å². The van der Waals surface area contributed by atoms with Crippen molar-refractivity contribution >= 4 is 28.5 Å². The highest BCUT2D eigenvalue weighted by Crippen LogP contribution is 2.04. The van der Waals surface area contributed by atoms with Crippen LogP contribution >= 0.6 is 22.6 Å². The molecule has 0 bridgehead atoms. The number of likely N-dealkylation sites (N-methyl/N-ethyl adjacent to an activating group) is 1. The first-order valence-electron chi connectivity index (χ1n) is 4.39. The van der Waals surface area contributed by atoms with Gasteiger partial charge in [-0.1, -0.05) is 0 Å². The number of carbonyl (C=O) groups is 1. The second-order valence-electron chi connectivity index (χ2n) is 3.37. The van der Waals surface area contributed by atoms with E-state index in [-0.39, 0.29) is 11.5 Å². The Labute approximate surface area is 101 Å². The van der Waals surface area contributed by atoms with Crippen LogP contribution in [0.15, 0.2) is 17.1 Å². The lowest BCUT2D eigenvalue weighted by atomic mass is 10.3. The van der Waals surface area contributed by atoms with Gasteiger partial charge in [-0.15, -0.1) is 0 Å². The summed E-state index contributed by atoms with van der Waals surface area (Å²) in [6, 6.07) is 0.886. The lowest BCUT2D eigenvalue weighted by Crippen LogP contribution is -2.36. The normalized spacial score (nSPS) is 12.3. The molecule has 1 unspecified atom stereocenters. The van der Waals surface area contributed by atoms with Gasteiger partial charge in [-0.2, -0.15) is 5.10 Å². The number of carbonyl (C=O) groups excluding carboxylic acids is 1. The van der Waals surface area contributed by atoms with Gasteiger partial charge in [0.2, 0.25) is 5.91 Å². The predicted molar refractivity (Wildman–Crippen MR) is 64.6 cm³/mol. The molecule has 5 nitrogen and oxygen atoms in total. The highest BCUT2D eigenvalue weighted by Gasteiger charge is 2.18. The highest BCUT2D eigenvalue weighted by molar-refractivity contribution is 14.1. The van der Waals surface area contributed by atoms with Gasteiger partial charge in [-0.05, 0) is 29.5 Å². The van der Waals surface area contributed by atoms with Crippen molar-refractivity contribution < 1.29 is 4.79 Å². The van der Waals surface area contributed by atoms with Crippen molar-refractivity contribution in [3.63, 3.8) is 0 Å². The Morgan fingerprint density at radius 3 is 2.67 bits per heavy atom. The first kappa shape index (κ1) is 12.2. The molecule has 1 aromatic heterocycles. The third-order valence-corrected chi connectivity index (χ3v) is 2.55. The average Bonchev–Trinajstić information content (AvgIpc) is 2.15. The van der Waals surface area contributed by atoms with E-state index in [1.165, 1.54) is 15.6 Å². The van der Waals surface area contributed by atoms with E-state index in [2.05, 4.69) is 5.10 Å². The predicted octanol–water partition coefficient (Wildman–Crippen LogP) is 0.497. The minimum absolute atomic E-state index is 0.147. The van der Waals surface area contributed by atoms with Gasteiger partial charge in [0.15, 0.2) is 0 Å². The molecular weight excluding hydrogens is 309 g/mol. The van der Waals surface area contributed by atoms with Crippen molar-refractivity contribution in [1.82, 2.24) is 14.7 Å². The van der Waals surface area contributed by atoms with Gasteiger partial charge in [0, 0.05) is 23.7 Å². The van der Waals surface area contributed by atoms with Crippen molar-refractivity contribution in [1.29, 1.82) is 0 Å². The zero-order valence-corrected chi connectivity index (χ0v) is 10.9. The number of nitrogens with zero attached hydrogens (tertiary/aromatic N) is 3. The average molecular weight is 321 g/mol. The van der Waals surface area contributed by atoms with Crippen LogP contribution in [-0.2, 0) is 4.79 Å². The monoisotopic (exact) mass is 321 g/mol. The smallest absolute Gasteiger partial charge is 0.268 e. The molecule has 15 heavy (non-hydrogen) atoms. The summed E-state index contributed by atoms with van der Waals surface area (Å²) in [5.41, 5.74) is -0.260. The number of amides is 1. The minimum atomic E-state index is -0.565. The van der Waals surface area contributed by atoms with Gasteiger partial charge in [-0.25, -0.2) is 4.68 Å². The lowest BCUT2D eigenvalue weighted by Gasteiger charge is -2.17. The fraction of sp³-hybridized carbons (Fsp3) is 0.444. The van der Waals surface area contributed by atoms with Crippen molar-refractivity contribution in [3.05, 3.63) is 26.2 Å². The van der Waals surface area contributed by atoms with E-state index in [1.807, 2.05) is 22.6 Å². The Bertz CT molecular complexity index is 428. The maximum absolute atomic E-state index is 11.6. The number of hydrogen-bond donors (Lipinski definition) is 0. The topological polar surface area (TPSA) is 55.2 Å². The van der Waals surface area contributed by atoms with Crippen LogP contribution in [0.5, 0.6) is 0 Å². The summed E-state index contributed by atoms with van der Waals surface area (Å²) in [5.74, 6) is -0.147. The number of hydrogen-bond acceptors (Lipinski definition) is 3. The molecule has 0 aromatic carbocycles. The van der Waals surface area contributed by atoms with Gasteiger partial charge in [0.25, 0.3) is 5.56 Å². The van der Waals surface area contributed by atoms with Crippen LogP contribution < -0.4 is 5.56 Å². The molecule has 0 aliphatic rings. The summed E-state index contributed by atoms with van der Waals surface area (Å²) < 4.78 is 1.95. The zero-order valence-electron chi connectivity index (χ0n) is 8.77. The molecule has 0 aliphatic heterocycles. The number of aromatic nitrogens is 2. The Kier molecular flexibility index (Phi) is 3.83. The van der Waals surface area contributed by atoms with E-state index >= 15 is 0 Å². The Balaban J connectivity index is 3.07. The number of halogens is 1. The van der Waals surface area contributed by atoms with E-state index < -0.39 is 6.04 Å². The van der Waals surface area contributed by atoms with E-state index in [1.54, 1.807) is 27.2 Å². The molecule has 0 spiro atoms. The summed E-state index contributed by atoms with van der Waals surface area (Å²) >= 11 is 2.01. The van der Waals surface area contributed by atoms with Crippen LogP contribution in [0.3, 0.4) is 0 Å². The largest absolute Gasteiger partial charge is 0.347 e. The van der Waals surface area contributed by atoms with Crippen molar-refractivity contribution in [2.45, 2.75) is 13.0 Å². The molecule has 1 atom stereocenters. The van der Waals surface area contributed by atoms with E-state index in [0.717, 1.165) is 3.57 Å². The van der Waals surface area contributed by atoms with Gasteiger partial charge in [-0.3, -0.25) is 9.59 Å². The summed E-state index contributed by atoms with van der Waals surface area (Å²) in [5, 5.41) is 3.93. The van der Waals surface area contributed by atoms with Crippen LogP contribution in [0.2, 0.25) is 0 Å². The first-order chi connectivity index (χ1) is 6.93. The second kappa shape index (κ2) is 4.73. The Morgan fingerprint density at radius 2 is 2.20 bits per heavy atom. The molecule has 1 rings (SSSR count). The van der Waals surface area contributed by atoms with E-state index in [9.17, 15) is 9.59 Å². The maximum Gasteiger partial charge on any atom is 0.268 e. The van der Waals surface area contributed by atoms with E-state index in [0.29, 0.717) is 0 Å². The Hall–Kier alpha value is -0.920. The van der Waals surface area contributed by atoms with Gasteiger partial charge < -0.3 is 4.90 Å². The summed E-state index contributed by atoms with van der Waals surface area (Å²) in [4.78, 5) is 24.6. The fourth-order valence-corrected chi connectivity index (χ4v) is 1.56. The van der Waals surface area contributed by atoms with Crippen molar-refractivity contribution in [3.8, 4) is 0 Å². The third-order valence-electron chi connectivity index (χ3n) is 1.96. The molecule has 1 heterocycles. The quantitative estimate of drug-likeness (QED) is 0.746. The van der Waals surface area contributed by atoms with Crippen LogP contribution in [0.25, 0.3) is 0 Å². The van der Waals surface area contributed by atoms with Crippen LogP contribution in [0.1, 0.15) is 13.0 Å². The molecule has 0 aliphatic carbocycles. The molecule has 0 N–H and O–H groups in total. The van der Waals surface area contributed by atoms with Crippen molar-refractivity contribution in [2.75, 3.05) is 14.1 Å². The molecule has 0 radical (unpaired) electrons. The molecule has 0 fully saturated rings. The number of rotatable bonds is 2. The summed E-state index contributed by atoms with van der Waals surface area (Å²) in [7, 11) is 3.30. The van der Waals surface area contributed by atoms with Crippen LogP contribution in [0.4, 0.5) is 0 Å². The van der Waals surface area contributed by atoms with Gasteiger partial charge >= 0.3 is 0 Å². The lowest BCUT2D eigenvalue weighted by molar-refractivity contribution is -0.132. The molecule has 1 amide bonds.